The monoisotopic (exact) mass is 303 g/mol. The van der Waals surface area contributed by atoms with E-state index in [1.165, 1.54) is 0 Å². The first-order valence-corrected chi connectivity index (χ1v) is 7.98. The van der Waals surface area contributed by atoms with Crippen molar-refractivity contribution >= 4 is 11.8 Å². The number of hydrogen-bond acceptors (Lipinski definition) is 3. The normalized spacial score (nSPS) is 18.4. The van der Waals surface area contributed by atoms with Gasteiger partial charge in [-0.15, -0.1) is 0 Å². The molecule has 120 valence electrons. The van der Waals surface area contributed by atoms with E-state index >= 15 is 0 Å². The molecule has 1 aliphatic heterocycles. The molecule has 5 nitrogen and oxygen atoms in total. The van der Waals surface area contributed by atoms with Crippen LogP contribution in [0.1, 0.15) is 38.3 Å². The van der Waals surface area contributed by atoms with Gasteiger partial charge >= 0.3 is 0 Å². The minimum atomic E-state index is -0.297. The summed E-state index contributed by atoms with van der Waals surface area (Å²) in [7, 11) is 0. The molecule has 0 bridgehead atoms. The second-order valence-electron chi connectivity index (χ2n) is 5.76. The maximum Gasteiger partial charge on any atom is 0.237 e. The summed E-state index contributed by atoms with van der Waals surface area (Å²) in [5.41, 5.74) is 1.13. The molecule has 2 rings (SSSR count). The number of carbonyl (C=O) groups excluding carboxylic acids is 2. The lowest BCUT2D eigenvalue weighted by molar-refractivity contribution is -0.130. The Morgan fingerprint density at radius 1 is 1.36 bits per heavy atom. The molecule has 0 aliphatic carbocycles. The molecule has 0 radical (unpaired) electrons. The fraction of sp³-hybridized carbons (Fsp3) is 0.529. The number of nitrogens with zero attached hydrogens (tertiary/aromatic N) is 1. The van der Waals surface area contributed by atoms with Crippen LogP contribution in [-0.2, 0) is 9.59 Å². The number of nitrogens with one attached hydrogen (secondary N) is 2. The topological polar surface area (TPSA) is 61.4 Å². The summed E-state index contributed by atoms with van der Waals surface area (Å²) in [4.78, 5) is 25.9. The molecule has 1 aromatic carbocycles. The lowest BCUT2D eigenvalue weighted by Gasteiger charge is -2.32. The van der Waals surface area contributed by atoms with Gasteiger partial charge < -0.3 is 10.6 Å². The highest BCUT2D eigenvalue weighted by Gasteiger charge is 2.27. The molecule has 2 amide bonds. The van der Waals surface area contributed by atoms with E-state index in [0.29, 0.717) is 19.6 Å². The first-order valence-electron chi connectivity index (χ1n) is 7.98. The molecular weight excluding hydrogens is 278 g/mol. The van der Waals surface area contributed by atoms with Crippen molar-refractivity contribution in [2.24, 2.45) is 0 Å². The van der Waals surface area contributed by atoms with Gasteiger partial charge in [0.1, 0.15) is 0 Å². The molecule has 0 unspecified atom stereocenters. The van der Waals surface area contributed by atoms with E-state index in [4.69, 9.17) is 0 Å². The molecule has 22 heavy (non-hydrogen) atoms. The van der Waals surface area contributed by atoms with Gasteiger partial charge in [0, 0.05) is 13.1 Å². The van der Waals surface area contributed by atoms with Crippen molar-refractivity contribution in [3.8, 4) is 0 Å². The van der Waals surface area contributed by atoms with Crippen molar-refractivity contribution in [1.82, 2.24) is 15.5 Å². The second kappa shape index (κ2) is 7.94. The van der Waals surface area contributed by atoms with Crippen LogP contribution < -0.4 is 10.6 Å². The predicted octanol–water partition coefficient (Wildman–Crippen LogP) is 1.46. The Balaban J connectivity index is 1.99. The summed E-state index contributed by atoms with van der Waals surface area (Å²) in [5.74, 6) is -0.0314. The van der Waals surface area contributed by atoms with Crippen LogP contribution in [0.15, 0.2) is 30.3 Å². The van der Waals surface area contributed by atoms with Crippen LogP contribution in [0.25, 0.3) is 0 Å². The summed E-state index contributed by atoms with van der Waals surface area (Å²) in [5, 5.41) is 5.91. The van der Waals surface area contributed by atoms with Gasteiger partial charge in [-0.1, -0.05) is 43.7 Å². The van der Waals surface area contributed by atoms with Gasteiger partial charge in [-0.2, -0.15) is 0 Å². The Morgan fingerprint density at radius 3 is 2.73 bits per heavy atom. The highest BCUT2D eigenvalue weighted by atomic mass is 16.2. The average Bonchev–Trinajstić information content (AvgIpc) is 2.54. The number of piperazine rings is 1. The third-order valence-corrected chi connectivity index (χ3v) is 4.09. The number of rotatable bonds is 6. The zero-order chi connectivity index (χ0) is 15.9. The molecular formula is C17H25N3O2. The fourth-order valence-corrected chi connectivity index (χ4v) is 2.74. The molecule has 2 atom stereocenters. The van der Waals surface area contributed by atoms with Crippen LogP contribution in [0, 0.1) is 0 Å². The number of hydrogen-bond donors (Lipinski definition) is 2. The number of benzene rings is 1. The van der Waals surface area contributed by atoms with Gasteiger partial charge in [0.2, 0.25) is 11.8 Å². The Labute approximate surface area is 132 Å². The van der Waals surface area contributed by atoms with Crippen LogP contribution in [0.2, 0.25) is 0 Å². The van der Waals surface area contributed by atoms with Crippen LogP contribution in [-0.4, -0.2) is 42.4 Å². The van der Waals surface area contributed by atoms with Crippen molar-refractivity contribution < 1.29 is 9.59 Å². The Morgan fingerprint density at radius 2 is 2.09 bits per heavy atom. The van der Waals surface area contributed by atoms with Crippen molar-refractivity contribution in [2.75, 3.05) is 19.6 Å². The lowest BCUT2D eigenvalue weighted by Crippen LogP contribution is -2.55. The maximum absolute atomic E-state index is 12.5. The third kappa shape index (κ3) is 4.31. The first kappa shape index (κ1) is 16.5. The van der Waals surface area contributed by atoms with Crippen molar-refractivity contribution in [2.45, 2.75) is 38.8 Å². The molecule has 1 aromatic rings. The van der Waals surface area contributed by atoms with Gasteiger partial charge in [-0.05, 0) is 18.9 Å². The number of amides is 2. The quantitative estimate of drug-likeness (QED) is 0.836. The fourth-order valence-electron chi connectivity index (χ4n) is 2.74. The zero-order valence-electron chi connectivity index (χ0n) is 13.3. The molecule has 1 aliphatic rings. The van der Waals surface area contributed by atoms with Gasteiger partial charge in [0.25, 0.3) is 0 Å². The van der Waals surface area contributed by atoms with Crippen LogP contribution in [0.5, 0.6) is 0 Å². The first-order chi connectivity index (χ1) is 10.6. The maximum atomic E-state index is 12.5. The van der Waals surface area contributed by atoms with Crippen LogP contribution in [0.3, 0.4) is 0 Å². The molecule has 0 saturated carbocycles. The SMILES string of the molecule is CCC[C@H](NC(=O)[C@H](C)N1CCNC(=O)C1)c1ccccc1. The molecule has 1 fully saturated rings. The van der Waals surface area contributed by atoms with Gasteiger partial charge in [-0.3, -0.25) is 14.5 Å². The van der Waals surface area contributed by atoms with E-state index < -0.39 is 0 Å². The third-order valence-electron chi connectivity index (χ3n) is 4.09. The van der Waals surface area contributed by atoms with E-state index in [2.05, 4.69) is 17.6 Å². The standard InChI is InChI=1S/C17H25N3O2/c1-3-7-15(14-8-5-4-6-9-14)19-17(22)13(2)20-11-10-18-16(21)12-20/h4-6,8-9,13,15H,3,7,10-12H2,1-2H3,(H,18,21)(H,19,22)/t13-,15-/m0/s1. The number of carbonyl (C=O) groups is 2. The molecule has 1 heterocycles. The molecule has 5 heteroatoms. The largest absolute Gasteiger partial charge is 0.354 e. The highest BCUT2D eigenvalue weighted by Crippen LogP contribution is 2.18. The zero-order valence-corrected chi connectivity index (χ0v) is 13.3. The minimum absolute atomic E-state index is 0.0148. The Bertz CT molecular complexity index is 504. The van der Waals surface area contributed by atoms with E-state index in [0.717, 1.165) is 18.4 Å². The summed E-state index contributed by atoms with van der Waals surface area (Å²) in [6.07, 6.45) is 1.91. The van der Waals surface area contributed by atoms with Crippen molar-refractivity contribution in [3.05, 3.63) is 35.9 Å². The van der Waals surface area contributed by atoms with Gasteiger partial charge in [0.15, 0.2) is 0 Å². The minimum Gasteiger partial charge on any atom is -0.354 e. The summed E-state index contributed by atoms with van der Waals surface area (Å²) >= 11 is 0. The van der Waals surface area contributed by atoms with Crippen molar-refractivity contribution in [1.29, 1.82) is 0 Å². The highest BCUT2D eigenvalue weighted by molar-refractivity contribution is 5.84. The second-order valence-corrected chi connectivity index (χ2v) is 5.76. The summed E-state index contributed by atoms with van der Waals surface area (Å²) < 4.78 is 0. The van der Waals surface area contributed by atoms with E-state index in [1.54, 1.807) is 0 Å². The van der Waals surface area contributed by atoms with E-state index in [1.807, 2.05) is 42.2 Å². The van der Waals surface area contributed by atoms with Crippen LogP contribution in [0.4, 0.5) is 0 Å². The van der Waals surface area contributed by atoms with E-state index in [-0.39, 0.29) is 23.9 Å². The molecule has 0 spiro atoms. The van der Waals surface area contributed by atoms with E-state index in [9.17, 15) is 9.59 Å². The Kier molecular flexibility index (Phi) is 5.95. The average molecular weight is 303 g/mol. The van der Waals surface area contributed by atoms with Gasteiger partial charge in [-0.25, -0.2) is 0 Å². The van der Waals surface area contributed by atoms with Crippen molar-refractivity contribution in [3.63, 3.8) is 0 Å². The predicted molar refractivity (Wildman–Crippen MR) is 86.3 cm³/mol. The summed E-state index contributed by atoms with van der Waals surface area (Å²) in [6, 6.07) is 9.77. The molecule has 1 saturated heterocycles. The summed E-state index contributed by atoms with van der Waals surface area (Å²) in [6.45, 7) is 5.58. The molecule has 2 N–H and O–H groups in total. The van der Waals surface area contributed by atoms with Gasteiger partial charge in [0.05, 0.1) is 18.6 Å². The Hall–Kier alpha value is -1.88. The lowest BCUT2D eigenvalue weighted by atomic mass is 10.0. The molecule has 0 aromatic heterocycles. The smallest absolute Gasteiger partial charge is 0.237 e. The van der Waals surface area contributed by atoms with Crippen LogP contribution >= 0.6 is 0 Å².